The summed E-state index contributed by atoms with van der Waals surface area (Å²) in [6.07, 6.45) is 0.174. The maximum absolute atomic E-state index is 12.0. The molecule has 2 rings (SSSR count). The Balaban J connectivity index is 1.81. The van der Waals surface area contributed by atoms with Crippen LogP contribution in [0.5, 0.6) is 5.75 Å². The predicted octanol–water partition coefficient (Wildman–Crippen LogP) is 3.59. The molecule has 6 heteroatoms. The van der Waals surface area contributed by atoms with Gasteiger partial charge in [-0.3, -0.25) is 0 Å². The molecule has 0 amide bonds. The second kappa shape index (κ2) is 9.88. The maximum Gasteiger partial charge on any atom is 0.216 e. The zero-order valence-electron chi connectivity index (χ0n) is 16.5. The topological polar surface area (TPSA) is 67.4 Å². The van der Waals surface area contributed by atoms with E-state index in [1.807, 2.05) is 64.1 Å². The molecule has 0 unspecified atom stereocenters. The highest BCUT2D eigenvalue weighted by Crippen LogP contribution is 2.14. The van der Waals surface area contributed by atoms with Gasteiger partial charge in [0.05, 0.1) is 11.9 Å². The Morgan fingerprint density at radius 1 is 0.815 bits per heavy atom. The van der Waals surface area contributed by atoms with Gasteiger partial charge in [0.15, 0.2) is 0 Å². The molecule has 0 spiro atoms. The number of hydrogen-bond donors (Lipinski definition) is 2. The SMILES string of the molecule is CC(C)NS(=O)(=O)Cc1ccc(CNCc2ccc(OC(C)C)cc2)cc1. The molecular formula is C21H30N2O3S. The molecule has 27 heavy (non-hydrogen) atoms. The van der Waals surface area contributed by atoms with E-state index >= 15 is 0 Å². The molecule has 0 atom stereocenters. The van der Waals surface area contributed by atoms with Gasteiger partial charge in [0.1, 0.15) is 5.75 Å². The Morgan fingerprint density at radius 3 is 1.78 bits per heavy atom. The van der Waals surface area contributed by atoms with Gasteiger partial charge in [0.25, 0.3) is 0 Å². The Hall–Kier alpha value is -1.89. The third-order valence-corrected chi connectivity index (χ3v) is 5.29. The summed E-state index contributed by atoms with van der Waals surface area (Å²) in [5.74, 6) is 0.884. The number of ether oxygens (including phenoxy) is 1. The first-order chi connectivity index (χ1) is 12.7. The smallest absolute Gasteiger partial charge is 0.216 e. The van der Waals surface area contributed by atoms with Crippen LogP contribution in [0, 0.1) is 0 Å². The predicted molar refractivity (Wildman–Crippen MR) is 110 cm³/mol. The monoisotopic (exact) mass is 390 g/mol. The summed E-state index contributed by atoms with van der Waals surface area (Å²) in [5, 5.41) is 3.40. The molecule has 0 fully saturated rings. The van der Waals surface area contributed by atoms with E-state index in [1.54, 1.807) is 0 Å². The first-order valence-corrected chi connectivity index (χ1v) is 10.9. The van der Waals surface area contributed by atoms with E-state index in [4.69, 9.17) is 4.74 Å². The molecule has 0 aromatic heterocycles. The van der Waals surface area contributed by atoms with E-state index in [9.17, 15) is 8.42 Å². The third-order valence-electron chi connectivity index (χ3n) is 3.75. The fourth-order valence-corrected chi connectivity index (χ4v) is 4.12. The van der Waals surface area contributed by atoms with E-state index in [0.29, 0.717) is 0 Å². The first kappa shape index (κ1) is 21.4. The molecule has 2 N–H and O–H groups in total. The summed E-state index contributed by atoms with van der Waals surface area (Å²) in [6.45, 7) is 9.14. The summed E-state index contributed by atoms with van der Waals surface area (Å²) < 4.78 is 32.2. The van der Waals surface area contributed by atoms with Gasteiger partial charge in [-0.15, -0.1) is 0 Å². The molecule has 0 heterocycles. The molecular weight excluding hydrogens is 360 g/mol. The van der Waals surface area contributed by atoms with Crippen LogP contribution in [0.2, 0.25) is 0 Å². The Bertz CT molecular complexity index is 798. The normalized spacial score (nSPS) is 11.9. The molecule has 0 aliphatic rings. The van der Waals surface area contributed by atoms with Crippen LogP contribution in [-0.4, -0.2) is 20.6 Å². The zero-order valence-corrected chi connectivity index (χ0v) is 17.3. The summed E-state index contributed by atoms with van der Waals surface area (Å²) in [4.78, 5) is 0. The zero-order chi connectivity index (χ0) is 19.9. The van der Waals surface area contributed by atoms with Crippen molar-refractivity contribution in [1.82, 2.24) is 10.0 Å². The number of hydrogen-bond acceptors (Lipinski definition) is 4. The minimum absolute atomic E-state index is 0.00366. The highest BCUT2D eigenvalue weighted by atomic mass is 32.2. The van der Waals surface area contributed by atoms with E-state index in [2.05, 4.69) is 22.2 Å². The molecule has 5 nitrogen and oxygen atoms in total. The summed E-state index contributed by atoms with van der Waals surface area (Å²) >= 11 is 0. The van der Waals surface area contributed by atoms with Gasteiger partial charge in [-0.2, -0.15) is 0 Å². The van der Waals surface area contributed by atoms with Crippen molar-refractivity contribution in [1.29, 1.82) is 0 Å². The fraction of sp³-hybridized carbons (Fsp3) is 0.429. The number of sulfonamides is 1. The maximum atomic E-state index is 12.0. The van der Waals surface area contributed by atoms with Crippen LogP contribution in [-0.2, 0) is 28.9 Å². The van der Waals surface area contributed by atoms with Crippen LogP contribution in [0.25, 0.3) is 0 Å². The average molecular weight is 391 g/mol. The van der Waals surface area contributed by atoms with Crippen molar-refractivity contribution in [3.8, 4) is 5.75 Å². The molecule has 148 valence electrons. The highest BCUT2D eigenvalue weighted by Gasteiger charge is 2.12. The van der Waals surface area contributed by atoms with Gasteiger partial charge >= 0.3 is 0 Å². The molecule has 0 bridgehead atoms. The first-order valence-electron chi connectivity index (χ1n) is 9.27. The van der Waals surface area contributed by atoms with Gasteiger partial charge in [0, 0.05) is 19.1 Å². The highest BCUT2D eigenvalue weighted by molar-refractivity contribution is 7.88. The Kier molecular flexibility index (Phi) is 7.83. The van der Waals surface area contributed by atoms with Crippen molar-refractivity contribution in [3.05, 3.63) is 65.2 Å². The molecule has 0 saturated heterocycles. The van der Waals surface area contributed by atoms with Crippen molar-refractivity contribution >= 4 is 10.0 Å². The Labute approximate surface area is 163 Å². The fourth-order valence-electron chi connectivity index (χ4n) is 2.68. The lowest BCUT2D eigenvalue weighted by molar-refractivity contribution is 0.242. The molecule has 0 aliphatic heterocycles. The molecule has 0 saturated carbocycles. The second-order valence-corrected chi connectivity index (χ2v) is 9.02. The van der Waals surface area contributed by atoms with Crippen molar-refractivity contribution in [3.63, 3.8) is 0 Å². The van der Waals surface area contributed by atoms with E-state index in [-0.39, 0.29) is 17.9 Å². The van der Waals surface area contributed by atoms with Gasteiger partial charge in [-0.1, -0.05) is 36.4 Å². The third kappa shape index (κ3) is 8.12. The van der Waals surface area contributed by atoms with Crippen LogP contribution in [0.15, 0.2) is 48.5 Å². The van der Waals surface area contributed by atoms with Crippen LogP contribution in [0.4, 0.5) is 0 Å². The molecule has 0 aliphatic carbocycles. The largest absolute Gasteiger partial charge is 0.491 e. The van der Waals surface area contributed by atoms with E-state index < -0.39 is 10.0 Å². The lowest BCUT2D eigenvalue weighted by Crippen LogP contribution is -2.31. The average Bonchev–Trinajstić information content (AvgIpc) is 2.56. The van der Waals surface area contributed by atoms with Gasteiger partial charge in [-0.25, -0.2) is 13.1 Å². The van der Waals surface area contributed by atoms with Gasteiger partial charge in [0.2, 0.25) is 10.0 Å². The van der Waals surface area contributed by atoms with Crippen LogP contribution in [0.1, 0.15) is 44.4 Å². The Morgan fingerprint density at radius 2 is 1.30 bits per heavy atom. The number of benzene rings is 2. The van der Waals surface area contributed by atoms with Crippen LogP contribution in [0.3, 0.4) is 0 Å². The molecule has 0 radical (unpaired) electrons. The van der Waals surface area contributed by atoms with Crippen molar-refractivity contribution < 1.29 is 13.2 Å². The van der Waals surface area contributed by atoms with Gasteiger partial charge in [-0.05, 0) is 56.5 Å². The van der Waals surface area contributed by atoms with Crippen LogP contribution < -0.4 is 14.8 Å². The molecule has 2 aromatic rings. The van der Waals surface area contributed by atoms with Crippen molar-refractivity contribution in [2.75, 3.05) is 0 Å². The lowest BCUT2D eigenvalue weighted by Gasteiger charge is -2.11. The standard InChI is InChI=1S/C21H30N2O3S/c1-16(2)23-27(24,25)15-20-7-5-18(6-8-20)13-22-14-19-9-11-21(12-10-19)26-17(3)4/h5-12,16-17,22-23H,13-15H2,1-4H3. The minimum Gasteiger partial charge on any atom is -0.491 e. The quantitative estimate of drug-likeness (QED) is 0.651. The summed E-state index contributed by atoms with van der Waals surface area (Å²) in [6, 6.07) is 15.7. The lowest BCUT2D eigenvalue weighted by atomic mass is 10.1. The van der Waals surface area contributed by atoms with Gasteiger partial charge < -0.3 is 10.1 Å². The summed E-state index contributed by atoms with van der Waals surface area (Å²) in [5.41, 5.74) is 3.09. The summed E-state index contributed by atoms with van der Waals surface area (Å²) in [7, 11) is -3.29. The number of rotatable bonds is 10. The minimum atomic E-state index is -3.29. The van der Waals surface area contributed by atoms with Crippen molar-refractivity contribution in [2.24, 2.45) is 0 Å². The van der Waals surface area contributed by atoms with Crippen LogP contribution >= 0.6 is 0 Å². The van der Waals surface area contributed by atoms with E-state index in [0.717, 1.165) is 30.0 Å². The second-order valence-electron chi connectivity index (χ2n) is 7.26. The van der Waals surface area contributed by atoms with E-state index in [1.165, 1.54) is 5.56 Å². The molecule has 2 aromatic carbocycles. The number of nitrogens with one attached hydrogen (secondary N) is 2. The van der Waals surface area contributed by atoms with Crippen molar-refractivity contribution in [2.45, 2.75) is 58.7 Å².